The lowest BCUT2D eigenvalue weighted by atomic mass is 9.96. The summed E-state index contributed by atoms with van der Waals surface area (Å²) in [6.45, 7) is 0. The van der Waals surface area contributed by atoms with E-state index in [-0.39, 0.29) is 11.8 Å². The fraction of sp³-hybridized carbons (Fsp3) is 0.500. The van der Waals surface area contributed by atoms with Crippen molar-refractivity contribution >= 4 is 6.09 Å². The first-order valence-electron chi connectivity index (χ1n) is 6.61. The van der Waals surface area contributed by atoms with Crippen molar-refractivity contribution in [2.75, 3.05) is 0 Å². The Hall–Kier alpha value is -1.72. The third-order valence-corrected chi connectivity index (χ3v) is 3.32. The van der Waals surface area contributed by atoms with Crippen LogP contribution in [0.1, 0.15) is 37.7 Å². The van der Waals surface area contributed by atoms with Crippen molar-refractivity contribution in [1.29, 1.82) is 0 Å². The van der Waals surface area contributed by atoms with Gasteiger partial charge in [0.15, 0.2) is 0 Å². The number of carbonyl (C=O) groups excluding carboxylic acids is 1. The smallest absolute Gasteiger partial charge is 0.410 e. The Bertz CT molecular complexity index is 450. The number of hydrogen-bond acceptors (Lipinski definition) is 2. The molecule has 6 heteroatoms. The Morgan fingerprint density at radius 3 is 2.25 bits per heavy atom. The van der Waals surface area contributed by atoms with E-state index in [0.29, 0.717) is 0 Å². The number of halogens is 3. The molecule has 1 N–H and O–H groups in total. The van der Waals surface area contributed by atoms with Crippen molar-refractivity contribution in [3.8, 4) is 5.75 Å². The summed E-state index contributed by atoms with van der Waals surface area (Å²) in [6.07, 6.45) is 0.159. The van der Waals surface area contributed by atoms with Gasteiger partial charge in [0.25, 0.3) is 0 Å². The quantitative estimate of drug-likeness (QED) is 0.888. The first-order chi connectivity index (χ1) is 9.45. The summed E-state index contributed by atoms with van der Waals surface area (Å²) in [6, 6.07) is 4.17. The molecule has 0 radical (unpaired) electrons. The molecular formula is C14H16F3NO2. The number of nitrogens with one attached hydrogen (secondary N) is 1. The van der Waals surface area contributed by atoms with Crippen molar-refractivity contribution in [3.05, 3.63) is 29.8 Å². The number of rotatable bonds is 2. The lowest BCUT2D eigenvalue weighted by molar-refractivity contribution is -0.137. The minimum Gasteiger partial charge on any atom is -0.410 e. The second-order valence-corrected chi connectivity index (χ2v) is 4.89. The molecular weight excluding hydrogens is 271 g/mol. The van der Waals surface area contributed by atoms with E-state index in [1.54, 1.807) is 0 Å². The maximum absolute atomic E-state index is 12.4. The summed E-state index contributed by atoms with van der Waals surface area (Å²) in [5.74, 6) is 0.103. The lowest BCUT2D eigenvalue weighted by Crippen LogP contribution is -2.37. The molecule has 0 bridgehead atoms. The van der Waals surface area contributed by atoms with Crippen LogP contribution in [-0.2, 0) is 6.18 Å². The monoisotopic (exact) mass is 287 g/mol. The average Bonchev–Trinajstić information content (AvgIpc) is 2.39. The van der Waals surface area contributed by atoms with Gasteiger partial charge in [0, 0.05) is 6.04 Å². The van der Waals surface area contributed by atoms with E-state index in [1.165, 1.54) is 6.42 Å². The van der Waals surface area contributed by atoms with Gasteiger partial charge in [-0.1, -0.05) is 19.3 Å². The molecule has 1 fully saturated rings. The molecule has 0 aliphatic heterocycles. The molecule has 1 aromatic carbocycles. The molecule has 1 aliphatic carbocycles. The van der Waals surface area contributed by atoms with Crippen LogP contribution >= 0.6 is 0 Å². The third-order valence-electron chi connectivity index (χ3n) is 3.32. The topological polar surface area (TPSA) is 38.3 Å². The highest BCUT2D eigenvalue weighted by Gasteiger charge is 2.30. The zero-order valence-electron chi connectivity index (χ0n) is 10.9. The second kappa shape index (κ2) is 6.15. The SMILES string of the molecule is O=C(NC1CCCCC1)Oc1ccc(C(F)(F)F)cc1. The Labute approximate surface area is 115 Å². The van der Waals surface area contributed by atoms with Gasteiger partial charge in [-0.3, -0.25) is 0 Å². The maximum Gasteiger partial charge on any atom is 0.416 e. The fourth-order valence-corrected chi connectivity index (χ4v) is 2.26. The van der Waals surface area contributed by atoms with Crippen molar-refractivity contribution in [2.45, 2.75) is 44.3 Å². The first kappa shape index (κ1) is 14.7. The Morgan fingerprint density at radius 1 is 1.10 bits per heavy atom. The van der Waals surface area contributed by atoms with E-state index in [2.05, 4.69) is 5.32 Å². The summed E-state index contributed by atoms with van der Waals surface area (Å²) in [5.41, 5.74) is -0.766. The van der Waals surface area contributed by atoms with Crippen LogP contribution in [0.2, 0.25) is 0 Å². The number of alkyl halides is 3. The standard InChI is InChI=1S/C14H16F3NO2/c15-14(16,17)10-6-8-12(9-7-10)20-13(19)18-11-4-2-1-3-5-11/h6-9,11H,1-5H2,(H,18,19). The molecule has 1 aromatic rings. The summed E-state index contributed by atoms with van der Waals surface area (Å²) < 4.78 is 42.1. The van der Waals surface area contributed by atoms with E-state index in [4.69, 9.17) is 4.74 Å². The van der Waals surface area contributed by atoms with E-state index in [1.807, 2.05) is 0 Å². The minimum atomic E-state index is -4.39. The van der Waals surface area contributed by atoms with E-state index >= 15 is 0 Å². The van der Waals surface area contributed by atoms with Crippen LogP contribution in [0.15, 0.2) is 24.3 Å². The normalized spacial score (nSPS) is 16.8. The highest BCUT2D eigenvalue weighted by molar-refractivity contribution is 5.70. The van der Waals surface area contributed by atoms with Gasteiger partial charge >= 0.3 is 12.3 Å². The molecule has 3 nitrogen and oxygen atoms in total. The lowest BCUT2D eigenvalue weighted by Gasteiger charge is -2.22. The Balaban J connectivity index is 1.87. The highest BCUT2D eigenvalue weighted by atomic mass is 19.4. The zero-order valence-corrected chi connectivity index (χ0v) is 10.9. The van der Waals surface area contributed by atoms with Crippen molar-refractivity contribution < 1.29 is 22.7 Å². The van der Waals surface area contributed by atoms with E-state index < -0.39 is 17.8 Å². The molecule has 2 rings (SSSR count). The summed E-state index contributed by atoms with van der Waals surface area (Å²) in [4.78, 5) is 11.6. The highest BCUT2D eigenvalue weighted by Crippen LogP contribution is 2.30. The number of benzene rings is 1. The van der Waals surface area contributed by atoms with Crippen LogP contribution in [-0.4, -0.2) is 12.1 Å². The van der Waals surface area contributed by atoms with Crippen molar-refractivity contribution in [2.24, 2.45) is 0 Å². The van der Waals surface area contributed by atoms with Gasteiger partial charge in [0.2, 0.25) is 0 Å². The van der Waals surface area contributed by atoms with Crippen molar-refractivity contribution in [3.63, 3.8) is 0 Å². The molecule has 0 saturated heterocycles. The molecule has 0 spiro atoms. The Morgan fingerprint density at radius 2 is 1.70 bits per heavy atom. The Kier molecular flexibility index (Phi) is 4.52. The molecule has 0 atom stereocenters. The molecule has 20 heavy (non-hydrogen) atoms. The molecule has 0 aromatic heterocycles. The van der Waals surface area contributed by atoms with E-state index in [9.17, 15) is 18.0 Å². The molecule has 0 heterocycles. The average molecular weight is 287 g/mol. The summed E-state index contributed by atoms with van der Waals surface area (Å²) in [5, 5.41) is 2.73. The van der Waals surface area contributed by atoms with Crippen molar-refractivity contribution in [1.82, 2.24) is 5.32 Å². The van der Waals surface area contributed by atoms with Crippen LogP contribution in [0.4, 0.5) is 18.0 Å². The molecule has 110 valence electrons. The first-order valence-corrected chi connectivity index (χ1v) is 6.61. The molecule has 1 aliphatic rings. The number of ether oxygens (including phenoxy) is 1. The number of amides is 1. The van der Waals surface area contributed by atoms with E-state index in [0.717, 1.165) is 49.9 Å². The maximum atomic E-state index is 12.4. The van der Waals surface area contributed by atoms with Crippen LogP contribution in [0.25, 0.3) is 0 Å². The van der Waals surface area contributed by atoms with Crippen LogP contribution in [0.5, 0.6) is 5.75 Å². The minimum absolute atomic E-state index is 0.102. The molecule has 0 unspecified atom stereocenters. The van der Waals surface area contributed by atoms with Gasteiger partial charge in [-0.15, -0.1) is 0 Å². The van der Waals surface area contributed by atoms with Gasteiger partial charge in [-0.2, -0.15) is 13.2 Å². The predicted octanol–water partition coefficient (Wildman–Crippen LogP) is 4.13. The second-order valence-electron chi connectivity index (χ2n) is 4.89. The zero-order chi connectivity index (χ0) is 14.6. The molecule has 1 amide bonds. The molecule has 1 saturated carbocycles. The summed E-state index contributed by atoms with van der Waals surface area (Å²) in [7, 11) is 0. The largest absolute Gasteiger partial charge is 0.416 e. The third kappa shape index (κ3) is 4.15. The van der Waals surface area contributed by atoms with Crippen LogP contribution in [0.3, 0.4) is 0 Å². The predicted molar refractivity (Wildman–Crippen MR) is 67.5 cm³/mol. The number of carbonyl (C=O) groups is 1. The van der Waals surface area contributed by atoms with Gasteiger partial charge in [-0.25, -0.2) is 4.79 Å². The summed E-state index contributed by atoms with van der Waals surface area (Å²) >= 11 is 0. The fourth-order valence-electron chi connectivity index (χ4n) is 2.26. The van der Waals surface area contributed by atoms with Crippen LogP contribution in [0, 0.1) is 0 Å². The van der Waals surface area contributed by atoms with Gasteiger partial charge in [0.1, 0.15) is 5.75 Å². The van der Waals surface area contributed by atoms with Crippen LogP contribution < -0.4 is 10.1 Å². The van der Waals surface area contributed by atoms with Gasteiger partial charge in [-0.05, 0) is 37.1 Å². The number of hydrogen-bond donors (Lipinski definition) is 1. The van der Waals surface area contributed by atoms with Gasteiger partial charge < -0.3 is 10.1 Å². The van der Waals surface area contributed by atoms with Gasteiger partial charge in [0.05, 0.1) is 5.56 Å².